The normalized spacial score (nSPS) is 15.5. The largest absolute Gasteiger partial charge is 0.464 e. The second kappa shape index (κ2) is 9.74. The van der Waals surface area contributed by atoms with Gasteiger partial charge in [0.05, 0.1) is 28.9 Å². The molecule has 0 aliphatic carbocycles. The number of nitriles is 1. The first-order chi connectivity index (χ1) is 17.1. The van der Waals surface area contributed by atoms with Crippen molar-refractivity contribution in [2.45, 2.75) is 44.6 Å². The Labute approximate surface area is 208 Å². The molecule has 0 saturated carbocycles. The molecule has 2 aromatic carbocycles. The Hall–Kier alpha value is -3.71. The summed E-state index contributed by atoms with van der Waals surface area (Å²) < 4.78 is 45.2. The van der Waals surface area contributed by atoms with Gasteiger partial charge in [0.15, 0.2) is 18.4 Å². The predicted octanol–water partition coefficient (Wildman–Crippen LogP) is 5.08. The Balaban J connectivity index is 1.60. The SMILES string of the molecule is COCOc1cc(-n2ncc3cc(C4(C#N)CCN(C(=O)OC(C)(C)C)CC4)ccc32)cc(F)c1F. The number of likely N-dealkylation sites (tertiary alicyclic amines) is 1. The number of fused-ring (bicyclic) bond motifs is 1. The van der Waals surface area contributed by atoms with Gasteiger partial charge in [-0.15, -0.1) is 0 Å². The zero-order chi connectivity index (χ0) is 26.1. The molecule has 0 atom stereocenters. The molecule has 1 amide bonds. The maximum absolute atomic E-state index is 14.2. The number of ether oxygens (including phenoxy) is 3. The fourth-order valence-electron chi connectivity index (χ4n) is 4.30. The van der Waals surface area contributed by atoms with Gasteiger partial charge in [0.25, 0.3) is 0 Å². The molecule has 0 bridgehead atoms. The molecule has 1 fully saturated rings. The van der Waals surface area contributed by atoms with Crippen molar-refractivity contribution in [3.63, 3.8) is 0 Å². The van der Waals surface area contributed by atoms with Gasteiger partial charge in [0, 0.05) is 37.7 Å². The number of benzene rings is 2. The number of amides is 1. The van der Waals surface area contributed by atoms with E-state index in [0.717, 1.165) is 17.0 Å². The zero-order valence-electron chi connectivity index (χ0n) is 20.7. The number of nitrogens with zero attached hydrogens (tertiary/aromatic N) is 4. The van der Waals surface area contributed by atoms with E-state index < -0.39 is 22.7 Å². The first kappa shape index (κ1) is 25.4. The number of halogens is 2. The summed E-state index contributed by atoms with van der Waals surface area (Å²) in [6.07, 6.45) is 2.15. The first-order valence-electron chi connectivity index (χ1n) is 11.6. The number of aromatic nitrogens is 2. The molecule has 3 aromatic rings. The summed E-state index contributed by atoms with van der Waals surface area (Å²) in [4.78, 5) is 14.1. The molecular formula is C26H28F2N4O4. The minimum absolute atomic E-state index is 0.232. The monoisotopic (exact) mass is 498 g/mol. The number of rotatable bonds is 5. The second-order valence-electron chi connectivity index (χ2n) is 9.78. The smallest absolute Gasteiger partial charge is 0.410 e. The van der Waals surface area contributed by atoms with Crippen LogP contribution in [0.15, 0.2) is 36.5 Å². The molecule has 1 aliphatic rings. The maximum Gasteiger partial charge on any atom is 0.410 e. The molecule has 0 radical (unpaired) electrons. The molecule has 1 saturated heterocycles. The van der Waals surface area contributed by atoms with Crippen LogP contribution in [0.3, 0.4) is 0 Å². The average Bonchev–Trinajstić information content (AvgIpc) is 3.27. The Morgan fingerprint density at radius 1 is 1.19 bits per heavy atom. The van der Waals surface area contributed by atoms with Crippen LogP contribution in [0, 0.1) is 23.0 Å². The summed E-state index contributed by atoms with van der Waals surface area (Å²) in [5.74, 6) is -2.46. The van der Waals surface area contributed by atoms with Crippen molar-refractivity contribution in [1.82, 2.24) is 14.7 Å². The van der Waals surface area contributed by atoms with Crippen LogP contribution in [0.1, 0.15) is 39.2 Å². The Bertz CT molecular complexity index is 1320. The fourth-order valence-corrected chi connectivity index (χ4v) is 4.30. The van der Waals surface area contributed by atoms with Crippen molar-refractivity contribution in [1.29, 1.82) is 5.26 Å². The first-order valence-corrected chi connectivity index (χ1v) is 11.6. The van der Waals surface area contributed by atoms with Crippen LogP contribution < -0.4 is 4.74 Å². The molecular weight excluding hydrogens is 470 g/mol. The quantitative estimate of drug-likeness (QED) is 0.456. The number of carbonyl (C=O) groups excluding carboxylic acids is 1. The van der Waals surface area contributed by atoms with Crippen molar-refractivity contribution in [3.05, 3.63) is 53.7 Å². The summed E-state index contributed by atoms with van der Waals surface area (Å²) in [5.41, 5.74) is 0.397. The van der Waals surface area contributed by atoms with E-state index in [4.69, 9.17) is 14.2 Å². The molecule has 1 aromatic heterocycles. The highest BCUT2D eigenvalue weighted by Gasteiger charge is 2.39. The van der Waals surface area contributed by atoms with Gasteiger partial charge in [-0.1, -0.05) is 6.07 Å². The number of hydrogen-bond acceptors (Lipinski definition) is 6. The standard InChI is InChI=1S/C26H28F2N4O4/c1-25(2,3)36-24(33)31-9-7-26(15-29,8-10-31)18-5-6-21-17(11-18)14-30-32(21)19-12-20(27)23(28)22(13-19)35-16-34-4/h5-6,11-14H,7-10,16H2,1-4H3. The van der Waals surface area contributed by atoms with Crippen LogP contribution in [0.5, 0.6) is 5.75 Å². The van der Waals surface area contributed by atoms with E-state index in [2.05, 4.69) is 11.2 Å². The summed E-state index contributed by atoms with van der Waals surface area (Å²) in [6.45, 7) is 6.02. The third-order valence-corrected chi connectivity index (χ3v) is 6.16. The van der Waals surface area contributed by atoms with Crippen molar-refractivity contribution in [2.24, 2.45) is 0 Å². The minimum Gasteiger partial charge on any atom is -0.464 e. The minimum atomic E-state index is -1.11. The van der Waals surface area contributed by atoms with Gasteiger partial charge in [0.1, 0.15) is 5.60 Å². The Kier molecular flexibility index (Phi) is 6.87. The van der Waals surface area contributed by atoms with Gasteiger partial charge in [-0.2, -0.15) is 14.8 Å². The second-order valence-corrected chi connectivity index (χ2v) is 9.78. The van der Waals surface area contributed by atoms with Crippen LogP contribution in [0.4, 0.5) is 13.6 Å². The molecule has 36 heavy (non-hydrogen) atoms. The van der Waals surface area contributed by atoms with E-state index in [0.29, 0.717) is 31.4 Å². The van der Waals surface area contributed by atoms with E-state index in [9.17, 15) is 18.8 Å². The highest BCUT2D eigenvalue weighted by molar-refractivity contribution is 5.81. The van der Waals surface area contributed by atoms with Crippen LogP contribution in [-0.2, 0) is 14.9 Å². The number of piperidine rings is 1. The van der Waals surface area contributed by atoms with Gasteiger partial charge < -0.3 is 19.1 Å². The summed E-state index contributed by atoms with van der Waals surface area (Å²) in [5, 5.41) is 15.2. The van der Waals surface area contributed by atoms with Crippen molar-refractivity contribution in [2.75, 3.05) is 27.0 Å². The van der Waals surface area contributed by atoms with Gasteiger partial charge in [0.2, 0.25) is 5.82 Å². The predicted molar refractivity (Wildman–Crippen MR) is 128 cm³/mol. The maximum atomic E-state index is 14.2. The lowest BCUT2D eigenvalue weighted by atomic mass is 9.74. The van der Waals surface area contributed by atoms with E-state index >= 15 is 0 Å². The van der Waals surface area contributed by atoms with E-state index in [1.54, 1.807) is 17.2 Å². The summed E-state index contributed by atoms with van der Waals surface area (Å²) >= 11 is 0. The Morgan fingerprint density at radius 2 is 1.92 bits per heavy atom. The van der Waals surface area contributed by atoms with E-state index in [1.807, 2.05) is 32.9 Å². The summed E-state index contributed by atoms with van der Waals surface area (Å²) in [7, 11) is 1.38. The van der Waals surface area contributed by atoms with Gasteiger partial charge in [-0.3, -0.25) is 0 Å². The van der Waals surface area contributed by atoms with Crippen molar-refractivity contribution < 1.29 is 27.8 Å². The third-order valence-electron chi connectivity index (χ3n) is 6.16. The van der Waals surface area contributed by atoms with Crippen LogP contribution in [0.25, 0.3) is 16.6 Å². The molecule has 0 N–H and O–H groups in total. The molecule has 2 heterocycles. The summed E-state index contributed by atoms with van der Waals surface area (Å²) in [6, 6.07) is 10.4. The third kappa shape index (κ3) is 4.97. The lowest BCUT2D eigenvalue weighted by Crippen LogP contribution is -2.46. The fraction of sp³-hybridized carbons (Fsp3) is 0.423. The van der Waals surface area contributed by atoms with Crippen molar-refractivity contribution >= 4 is 17.0 Å². The Morgan fingerprint density at radius 3 is 2.56 bits per heavy atom. The van der Waals surface area contributed by atoms with Crippen LogP contribution >= 0.6 is 0 Å². The van der Waals surface area contributed by atoms with E-state index in [-0.39, 0.29) is 24.3 Å². The molecule has 1 aliphatic heterocycles. The number of methoxy groups -OCH3 is 1. The molecule has 190 valence electrons. The molecule has 0 unspecified atom stereocenters. The van der Waals surface area contributed by atoms with E-state index in [1.165, 1.54) is 17.9 Å². The number of carbonyl (C=O) groups is 1. The molecule has 4 rings (SSSR count). The number of hydrogen-bond donors (Lipinski definition) is 0. The molecule has 0 spiro atoms. The topological polar surface area (TPSA) is 89.6 Å². The van der Waals surface area contributed by atoms with Crippen LogP contribution in [-0.4, -0.2) is 53.4 Å². The lowest BCUT2D eigenvalue weighted by Gasteiger charge is -2.38. The van der Waals surface area contributed by atoms with Crippen molar-refractivity contribution in [3.8, 4) is 17.5 Å². The van der Waals surface area contributed by atoms with Gasteiger partial charge in [-0.25, -0.2) is 13.9 Å². The van der Waals surface area contributed by atoms with Gasteiger partial charge >= 0.3 is 6.09 Å². The zero-order valence-corrected chi connectivity index (χ0v) is 20.7. The molecule has 10 heteroatoms. The van der Waals surface area contributed by atoms with Gasteiger partial charge in [-0.05, 0) is 51.3 Å². The average molecular weight is 499 g/mol. The lowest BCUT2D eigenvalue weighted by molar-refractivity contribution is 0.0185. The molecule has 8 nitrogen and oxygen atoms in total. The highest BCUT2D eigenvalue weighted by atomic mass is 19.2. The van der Waals surface area contributed by atoms with Crippen LogP contribution in [0.2, 0.25) is 0 Å². The highest BCUT2D eigenvalue weighted by Crippen LogP contribution is 2.37.